The lowest BCUT2D eigenvalue weighted by Crippen LogP contribution is -2.27. The van der Waals surface area contributed by atoms with Crippen LogP contribution in [0.5, 0.6) is 0 Å². The highest BCUT2D eigenvalue weighted by molar-refractivity contribution is 5.97. The normalized spacial score (nSPS) is 12.2. The average molecular weight is 487 g/mol. The highest BCUT2D eigenvalue weighted by atomic mass is 16.7. The van der Waals surface area contributed by atoms with E-state index in [0.717, 1.165) is 34.2 Å². The van der Waals surface area contributed by atoms with Gasteiger partial charge in [0, 0.05) is 37.8 Å². The number of aryl methyl sites for hydroxylation is 1. The summed E-state index contributed by atoms with van der Waals surface area (Å²) in [7, 11) is 3.10. The maximum Gasteiger partial charge on any atom is 0.273 e. The van der Waals surface area contributed by atoms with Crippen molar-refractivity contribution in [2.45, 2.75) is 40.2 Å². The molecule has 3 aromatic rings. The van der Waals surface area contributed by atoms with Crippen LogP contribution in [0.1, 0.15) is 53.9 Å². The minimum Gasteiger partial charge on any atom is -0.347 e. The van der Waals surface area contributed by atoms with Crippen molar-refractivity contribution in [3.05, 3.63) is 89.0 Å². The lowest BCUT2D eigenvalue weighted by molar-refractivity contribution is -0.164. The van der Waals surface area contributed by atoms with E-state index >= 15 is 0 Å². The molecule has 7 heteroatoms. The number of carbonyl (C=O) groups is 2. The Bertz CT molecular complexity index is 1220. The molecule has 3 rings (SSSR count). The summed E-state index contributed by atoms with van der Waals surface area (Å²) in [5.41, 5.74) is 5.81. The smallest absolute Gasteiger partial charge is 0.273 e. The number of likely N-dealkylation sites (N-methyl/N-ethyl adjacent to an activating group) is 1. The van der Waals surface area contributed by atoms with Crippen LogP contribution in [0, 0.1) is 12.8 Å². The molecule has 188 valence electrons. The van der Waals surface area contributed by atoms with Crippen molar-refractivity contribution >= 4 is 17.9 Å². The van der Waals surface area contributed by atoms with E-state index in [1.807, 2.05) is 49.4 Å². The summed E-state index contributed by atoms with van der Waals surface area (Å²) in [5.74, 6) is -0.0352. The van der Waals surface area contributed by atoms with E-state index in [0.29, 0.717) is 30.2 Å². The molecule has 0 bridgehead atoms. The number of hydroxylamine groups is 2. The molecular formula is C29H34N4O3. The van der Waals surface area contributed by atoms with Gasteiger partial charge in [0.1, 0.15) is 5.69 Å². The monoisotopic (exact) mass is 486 g/mol. The third-order valence-electron chi connectivity index (χ3n) is 6.24. The van der Waals surface area contributed by atoms with Crippen LogP contribution < -0.4 is 5.32 Å². The van der Waals surface area contributed by atoms with Crippen molar-refractivity contribution in [1.82, 2.24) is 20.3 Å². The topological polar surface area (TPSA) is 84.4 Å². The highest BCUT2D eigenvalue weighted by Crippen LogP contribution is 2.26. The Balaban J connectivity index is 1.88. The van der Waals surface area contributed by atoms with Gasteiger partial charge in [-0.1, -0.05) is 32.4 Å². The van der Waals surface area contributed by atoms with Gasteiger partial charge in [0.05, 0.1) is 7.11 Å². The quantitative estimate of drug-likeness (QED) is 0.314. The molecule has 1 N–H and O–H groups in total. The van der Waals surface area contributed by atoms with E-state index in [1.54, 1.807) is 31.7 Å². The van der Waals surface area contributed by atoms with Gasteiger partial charge in [-0.15, -0.1) is 0 Å². The number of amides is 2. The van der Waals surface area contributed by atoms with Crippen molar-refractivity contribution in [3.8, 4) is 11.1 Å². The number of hydrogen-bond donors (Lipinski definition) is 1. The molecule has 0 fully saturated rings. The summed E-state index contributed by atoms with van der Waals surface area (Å²) in [6.07, 6.45) is 8.61. The molecule has 2 heterocycles. The van der Waals surface area contributed by atoms with Crippen LogP contribution in [-0.2, 0) is 16.2 Å². The van der Waals surface area contributed by atoms with Gasteiger partial charge in [-0.3, -0.25) is 24.4 Å². The third kappa shape index (κ3) is 7.09. The first-order valence-electron chi connectivity index (χ1n) is 12.1. The van der Waals surface area contributed by atoms with Gasteiger partial charge in [0.15, 0.2) is 0 Å². The van der Waals surface area contributed by atoms with Gasteiger partial charge in [0.2, 0.25) is 0 Å². The first-order chi connectivity index (χ1) is 17.3. The van der Waals surface area contributed by atoms with Crippen LogP contribution in [0.4, 0.5) is 0 Å². The van der Waals surface area contributed by atoms with Crippen LogP contribution in [0.15, 0.2) is 66.6 Å². The molecule has 0 aliphatic heterocycles. The first kappa shape index (κ1) is 26.8. The van der Waals surface area contributed by atoms with E-state index in [9.17, 15) is 9.59 Å². The number of benzene rings is 1. The Labute approximate surface area is 213 Å². The van der Waals surface area contributed by atoms with Crippen molar-refractivity contribution in [2.24, 2.45) is 5.92 Å². The second-order valence-corrected chi connectivity index (χ2v) is 8.91. The van der Waals surface area contributed by atoms with Gasteiger partial charge in [-0.2, -0.15) is 0 Å². The van der Waals surface area contributed by atoms with Crippen LogP contribution in [0.2, 0.25) is 0 Å². The second kappa shape index (κ2) is 12.7. The highest BCUT2D eigenvalue weighted by Gasteiger charge is 2.18. The fourth-order valence-corrected chi connectivity index (χ4v) is 3.68. The molecule has 36 heavy (non-hydrogen) atoms. The maximum absolute atomic E-state index is 13.0. The number of nitrogens with one attached hydrogen (secondary N) is 1. The van der Waals surface area contributed by atoms with E-state index in [2.05, 4.69) is 29.1 Å². The molecule has 1 aromatic carbocycles. The summed E-state index contributed by atoms with van der Waals surface area (Å²) in [6, 6.07) is 13.5. The Morgan fingerprint density at radius 1 is 1.08 bits per heavy atom. The standard InChI is InChI=1S/C29H34N4O3/c1-6-20(2)15-26(29(35)33(4)36-5)17-25-16-23(8-7-21(25)3)24-11-14-31-27(18-24)28(34)32-19-22-9-12-30-13-10-22/h7-14,16-18,20H,6,15,19H2,1-5H3,(H,32,34). The Kier molecular flexibility index (Phi) is 9.47. The van der Waals surface area contributed by atoms with E-state index in [-0.39, 0.29) is 11.8 Å². The fourth-order valence-electron chi connectivity index (χ4n) is 3.68. The van der Waals surface area contributed by atoms with E-state index in [1.165, 1.54) is 12.2 Å². The van der Waals surface area contributed by atoms with Crippen molar-refractivity contribution in [1.29, 1.82) is 0 Å². The van der Waals surface area contributed by atoms with Gasteiger partial charge in [0.25, 0.3) is 11.8 Å². The number of nitrogens with zero attached hydrogens (tertiary/aromatic N) is 3. The molecule has 1 unspecified atom stereocenters. The molecule has 0 radical (unpaired) electrons. The molecule has 0 spiro atoms. The molecule has 1 atom stereocenters. The van der Waals surface area contributed by atoms with Crippen LogP contribution >= 0.6 is 0 Å². The van der Waals surface area contributed by atoms with Crippen LogP contribution in [0.25, 0.3) is 17.2 Å². The number of hydrogen-bond acceptors (Lipinski definition) is 5. The SMILES string of the molecule is CCC(C)CC(=Cc1cc(-c2ccnc(C(=O)NCc3ccncc3)c2)ccc1C)C(=O)N(C)OC. The van der Waals surface area contributed by atoms with Crippen LogP contribution in [-0.4, -0.2) is 41.0 Å². The molecule has 0 saturated heterocycles. The van der Waals surface area contributed by atoms with Gasteiger partial charge >= 0.3 is 0 Å². The zero-order valence-electron chi connectivity index (χ0n) is 21.6. The fraction of sp³-hybridized carbons (Fsp3) is 0.310. The number of carbonyl (C=O) groups excluding carboxylic acids is 2. The molecule has 0 aliphatic carbocycles. The minimum atomic E-state index is -0.245. The number of pyridine rings is 2. The Morgan fingerprint density at radius 3 is 2.50 bits per heavy atom. The molecular weight excluding hydrogens is 452 g/mol. The Morgan fingerprint density at radius 2 is 1.81 bits per heavy atom. The number of rotatable bonds is 10. The molecule has 2 amide bonds. The molecule has 2 aromatic heterocycles. The molecule has 0 saturated carbocycles. The average Bonchev–Trinajstić information content (AvgIpc) is 2.92. The predicted molar refractivity (Wildman–Crippen MR) is 142 cm³/mol. The van der Waals surface area contributed by atoms with E-state index in [4.69, 9.17) is 4.84 Å². The van der Waals surface area contributed by atoms with Crippen molar-refractivity contribution in [3.63, 3.8) is 0 Å². The number of aromatic nitrogens is 2. The Hall–Kier alpha value is -3.84. The lowest BCUT2D eigenvalue weighted by Gasteiger charge is -2.19. The summed E-state index contributed by atoms with van der Waals surface area (Å²) < 4.78 is 0. The zero-order valence-corrected chi connectivity index (χ0v) is 21.6. The van der Waals surface area contributed by atoms with Gasteiger partial charge in [-0.25, -0.2) is 5.06 Å². The lowest BCUT2D eigenvalue weighted by atomic mass is 9.94. The summed E-state index contributed by atoms with van der Waals surface area (Å²) >= 11 is 0. The minimum absolute atomic E-state index is 0.153. The zero-order chi connectivity index (χ0) is 26.1. The summed E-state index contributed by atoms with van der Waals surface area (Å²) in [4.78, 5) is 39.1. The first-order valence-corrected chi connectivity index (χ1v) is 12.1. The van der Waals surface area contributed by atoms with Crippen molar-refractivity contribution in [2.75, 3.05) is 14.2 Å². The van der Waals surface area contributed by atoms with Gasteiger partial charge in [-0.05, 0) is 83.5 Å². The molecule has 7 nitrogen and oxygen atoms in total. The second-order valence-electron chi connectivity index (χ2n) is 8.91. The summed E-state index contributed by atoms with van der Waals surface area (Å²) in [5, 5.41) is 4.16. The van der Waals surface area contributed by atoms with Crippen molar-refractivity contribution < 1.29 is 14.4 Å². The summed E-state index contributed by atoms with van der Waals surface area (Å²) in [6.45, 7) is 6.67. The van der Waals surface area contributed by atoms with E-state index < -0.39 is 0 Å². The maximum atomic E-state index is 13.0. The largest absolute Gasteiger partial charge is 0.347 e. The van der Waals surface area contributed by atoms with Crippen LogP contribution in [0.3, 0.4) is 0 Å². The predicted octanol–water partition coefficient (Wildman–Crippen LogP) is 5.22. The molecule has 0 aliphatic rings. The third-order valence-corrected chi connectivity index (χ3v) is 6.24. The van der Waals surface area contributed by atoms with Gasteiger partial charge < -0.3 is 5.32 Å².